The van der Waals surface area contributed by atoms with Crippen LogP contribution in [-0.4, -0.2) is 94.6 Å². The van der Waals surface area contributed by atoms with Gasteiger partial charge in [0, 0.05) is 57.9 Å². The van der Waals surface area contributed by atoms with E-state index in [0.717, 1.165) is 26.2 Å². The zero-order valence-electron chi connectivity index (χ0n) is 20.6. The molecule has 1 aromatic carbocycles. The SMILES string of the molecule is CC(C)(C)OC(=O)N1CCN(C(C)(C)C)C[C@H]1C(=O)N1CCN(Cc2ccccc2)CC1. The second-order valence-corrected chi connectivity index (χ2v) is 10.9. The molecule has 3 rings (SSSR count). The van der Waals surface area contributed by atoms with Crippen molar-refractivity contribution >= 4 is 12.0 Å². The van der Waals surface area contributed by atoms with Crippen molar-refractivity contribution in [3.8, 4) is 0 Å². The fourth-order valence-electron chi connectivity index (χ4n) is 4.32. The van der Waals surface area contributed by atoms with Crippen LogP contribution in [0.3, 0.4) is 0 Å². The van der Waals surface area contributed by atoms with E-state index in [1.54, 1.807) is 4.90 Å². The second-order valence-electron chi connectivity index (χ2n) is 10.9. The standard InChI is InChI=1S/C25H40N4O3/c1-24(2,3)28-16-17-29(23(31)32-25(4,5)6)21(19-28)22(30)27-14-12-26(13-15-27)18-20-10-8-7-9-11-20/h7-11,21H,12-19H2,1-6H3/t21-/m0/s1. The average Bonchev–Trinajstić information content (AvgIpc) is 2.72. The average molecular weight is 445 g/mol. The van der Waals surface area contributed by atoms with Gasteiger partial charge in [-0.3, -0.25) is 19.5 Å². The summed E-state index contributed by atoms with van der Waals surface area (Å²) < 4.78 is 5.64. The van der Waals surface area contributed by atoms with E-state index >= 15 is 0 Å². The van der Waals surface area contributed by atoms with E-state index in [9.17, 15) is 9.59 Å². The molecule has 0 bridgehead atoms. The molecule has 178 valence electrons. The Labute approximate surface area is 193 Å². The van der Waals surface area contributed by atoms with Crippen molar-refractivity contribution in [1.29, 1.82) is 0 Å². The Morgan fingerprint density at radius 2 is 1.53 bits per heavy atom. The van der Waals surface area contributed by atoms with Gasteiger partial charge in [0.15, 0.2) is 0 Å². The number of benzene rings is 1. The third-order valence-corrected chi connectivity index (χ3v) is 6.18. The van der Waals surface area contributed by atoms with E-state index in [1.165, 1.54) is 5.56 Å². The summed E-state index contributed by atoms with van der Waals surface area (Å²) in [4.78, 5) is 34.8. The van der Waals surface area contributed by atoms with Gasteiger partial charge < -0.3 is 9.64 Å². The number of rotatable bonds is 3. The Hall–Kier alpha value is -2.12. The van der Waals surface area contributed by atoms with Crippen molar-refractivity contribution in [1.82, 2.24) is 19.6 Å². The minimum absolute atomic E-state index is 0.0316. The van der Waals surface area contributed by atoms with Crippen molar-refractivity contribution in [2.75, 3.05) is 45.8 Å². The van der Waals surface area contributed by atoms with Gasteiger partial charge in [-0.1, -0.05) is 30.3 Å². The van der Waals surface area contributed by atoms with Gasteiger partial charge in [0.1, 0.15) is 11.6 Å². The van der Waals surface area contributed by atoms with Gasteiger partial charge in [0.2, 0.25) is 5.91 Å². The van der Waals surface area contributed by atoms with Gasteiger partial charge in [-0.25, -0.2) is 4.79 Å². The van der Waals surface area contributed by atoms with Crippen LogP contribution in [0.25, 0.3) is 0 Å². The summed E-state index contributed by atoms with van der Waals surface area (Å²) in [5, 5.41) is 0. The highest BCUT2D eigenvalue weighted by molar-refractivity contribution is 5.86. The molecule has 2 fully saturated rings. The van der Waals surface area contributed by atoms with Gasteiger partial charge in [-0.2, -0.15) is 0 Å². The van der Waals surface area contributed by atoms with Crippen molar-refractivity contribution in [2.45, 2.75) is 65.3 Å². The lowest BCUT2D eigenvalue weighted by Gasteiger charge is -2.47. The topological polar surface area (TPSA) is 56.3 Å². The van der Waals surface area contributed by atoms with Crippen LogP contribution in [0.4, 0.5) is 4.79 Å². The second kappa shape index (κ2) is 9.79. The van der Waals surface area contributed by atoms with Crippen LogP contribution < -0.4 is 0 Å². The highest BCUT2D eigenvalue weighted by Gasteiger charge is 2.42. The molecule has 0 spiro atoms. The molecule has 0 N–H and O–H groups in total. The summed E-state index contributed by atoms with van der Waals surface area (Å²) in [7, 11) is 0. The number of hydrogen-bond donors (Lipinski definition) is 0. The zero-order chi connectivity index (χ0) is 23.5. The van der Waals surface area contributed by atoms with Crippen molar-refractivity contribution in [3.63, 3.8) is 0 Å². The van der Waals surface area contributed by atoms with Crippen LogP contribution in [0.1, 0.15) is 47.1 Å². The minimum Gasteiger partial charge on any atom is -0.444 e. The maximum absolute atomic E-state index is 13.6. The molecule has 2 heterocycles. The summed E-state index contributed by atoms with van der Waals surface area (Å²) in [6.07, 6.45) is -0.396. The number of amides is 2. The first-order valence-electron chi connectivity index (χ1n) is 11.7. The molecular formula is C25H40N4O3. The number of nitrogens with zero attached hydrogens (tertiary/aromatic N) is 4. The Morgan fingerprint density at radius 3 is 2.09 bits per heavy atom. The lowest BCUT2D eigenvalue weighted by atomic mass is 10.0. The maximum Gasteiger partial charge on any atom is 0.411 e. The first kappa shape index (κ1) is 24.5. The van der Waals surface area contributed by atoms with Gasteiger partial charge in [0.25, 0.3) is 0 Å². The quantitative estimate of drug-likeness (QED) is 0.717. The summed E-state index contributed by atoms with van der Waals surface area (Å²) in [5.74, 6) is 0.0316. The monoisotopic (exact) mass is 444 g/mol. The Balaban J connectivity index is 1.66. The summed E-state index contributed by atoms with van der Waals surface area (Å²) >= 11 is 0. The Bertz CT molecular complexity index is 777. The van der Waals surface area contributed by atoms with E-state index in [4.69, 9.17) is 4.74 Å². The van der Waals surface area contributed by atoms with E-state index in [-0.39, 0.29) is 11.4 Å². The molecule has 2 aliphatic rings. The molecule has 2 amide bonds. The lowest BCUT2D eigenvalue weighted by Crippen LogP contribution is -2.65. The lowest BCUT2D eigenvalue weighted by molar-refractivity contribution is -0.142. The number of carbonyl (C=O) groups excluding carboxylic acids is 2. The molecule has 7 heteroatoms. The zero-order valence-corrected chi connectivity index (χ0v) is 20.6. The van der Waals surface area contributed by atoms with Gasteiger partial charge >= 0.3 is 6.09 Å². The Kier molecular flexibility index (Phi) is 7.50. The third kappa shape index (κ3) is 6.45. The molecule has 2 aliphatic heterocycles. The van der Waals surface area contributed by atoms with E-state index in [1.807, 2.05) is 31.7 Å². The first-order valence-corrected chi connectivity index (χ1v) is 11.7. The van der Waals surface area contributed by atoms with E-state index < -0.39 is 17.7 Å². The van der Waals surface area contributed by atoms with Crippen LogP contribution in [0, 0.1) is 0 Å². The van der Waals surface area contributed by atoms with Crippen molar-refractivity contribution in [3.05, 3.63) is 35.9 Å². The number of hydrogen-bond acceptors (Lipinski definition) is 5. The van der Waals surface area contributed by atoms with Crippen LogP contribution in [0.2, 0.25) is 0 Å². The maximum atomic E-state index is 13.6. The number of carbonyl (C=O) groups is 2. The van der Waals surface area contributed by atoms with Crippen LogP contribution >= 0.6 is 0 Å². The highest BCUT2D eigenvalue weighted by Crippen LogP contribution is 2.23. The Morgan fingerprint density at radius 1 is 0.906 bits per heavy atom. The molecule has 0 aromatic heterocycles. The van der Waals surface area contributed by atoms with Crippen molar-refractivity contribution in [2.24, 2.45) is 0 Å². The van der Waals surface area contributed by atoms with Gasteiger partial charge in [-0.15, -0.1) is 0 Å². The molecule has 0 radical (unpaired) electrons. The van der Waals surface area contributed by atoms with Crippen molar-refractivity contribution < 1.29 is 14.3 Å². The van der Waals surface area contributed by atoms with Crippen LogP contribution in [0.15, 0.2) is 30.3 Å². The molecule has 1 atom stereocenters. The summed E-state index contributed by atoms with van der Waals surface area (Å²) in [5.41, 5.74) is 0.637. The molecule has 0 saturated carbocycles. The molecular weight excluding hydrogens is 404 g/mol. The molecule has 0 aliphatic carbocycles. The number of piperazine rings is 2. The first-order chi connectivity index (χ1) is 14.9. The fourth-order valence-corrected chi connectivity index (χ4v) is 4.32. The normalized spacial score (nSPS) is 21.5. The predicted molar refractivity (Wildman–Crippen MR) is 126 cm³/mol. The van der Waals surface area contributed by atoms with Crippen LogP contribution in [-0.2, 0) is 16.1 Å². The summed E-state index contributed by atoms with van der Waals surface area (Å²) in [6.45, 7) is 17.7. The van der Waals surface area contributed by atoms with Gasteiger partial charge in [0.05, 0.1) is 0 Å². The number of ether oxygens (including phenoxy) is 1. The smallest absolute Gasteiger partial charge is 0.411 e. The molecule has 7 nitrogen and oxygen atoms in total. The van der Waals surface area contributed by atoms with E-state index in [0.29, 0.717) is 26.2 Å². The van der Waals surface area contributed by atoms with Gasteiger partial charge in [-0.05, 0) is 47.1 Å². The molecule has 0 unspecified atom stereocenters. The molecule has 1 aromatic rings. The van der Waals surface area contributed by atoms with E-state index in [2.05, 4.69) is 54.8 Å². The molecule has 32 heavy (non-hydrogen) atoms. The largest absolute Gasteiger partial charge is 0.444 e. The highest BCUT2D eigenvalue weighted by atomic mass is 16.6. The van der Waals surface area contributed by atoms with Crippen LogP contribution in [0.5, 0.6) is 0 Å². The fraction of sp³-hybridized carbons (Fsp3) is 0.680. The summed E-state index contributed by atoms with van der Waals surface area (Å²) in [6, 6.07) is 9.91. The minimum atomic E-state index is -0.588. The third-order valence-electron chi connectivity index (χ3n) is 6.18. The predicted octanol–water partition coefficient (Wildman–Crippen LogP) is 3.05. The molecule has 2 saturated heterocycles.